The fraction of sp³-hybridized carbons (Fsp3) is 0.269. The van der Waals surface area contributed by atoms with Crippen LogP contribution in [0.25, 0.3) is 33.4 Å². The van der Waals surface area contributed by atoms with Crippen molar-refractivity contribution in [1.82, 2.24) is 30.0 Å². The van der Waals surface area contributed by atoms with E-state index in [-0.39, 0.29) is 18.0 Å². The summed E-state index contributed by atoms with van der Waals surface area (Å²) in [6.07, 6.45) is 6.53. The number of rotatable bonds is 8. The van der Waals surface area contributed by atoms with Crippen LogP contribution in [0.4, 0.5) is 5.95 Å². The van der Waals surface area contributed by atoms with Gasteiger partial charge in [0.15, 0.2) is 0 Å². The number of carbonyl (C=O) groups is 1. The predicted octanol–water partition coefficient (Wildman–Crippen LogP) is 3.24. The molecule has 1 amide bonds. The number of hydrogen-bond acceptors (Lipinski definition) is 9. The molecule has 3 aromatic heterocycles. The van der Waals surface area contributed by atoms with E-state index in [1.807, 2.05) is 19.3 Å². The van der Waals surface area contributed by atoms with Gasteiger partial charge in [0.05, 0.1) is 56.4 Å². The third kappa shape index (κ3) is 4.98. The first-order valence-electron chi connectivity index (χ1n) is 11.8. The van der Waals surface area contributed by atoms with Gasteiger partial charge in [-0.2, -0.15) is 5.10 Å². The molecule has 0 saturated carbocycles. The Morgan fingerprint density at radius 2 is 2.00 bits per heavy atom. The van der Waals surface area contributed by atoms with Crippen molar-refractivity contribution in [3.05, 3.63) is 54.5 Å². The van der Waals surface area contributed by atoms with E-state index < -0.39 is 0 Å². The van der Waals surface area contributed by atoms with Crippen LogP contribution >= 0.6 is 11.6 Å². The Balaban J connectivity index is 1.60. The molecule has 1 aromatic carbocycles. The van der Waals surface area contributed by atoms with Crippen LogP contribution in [0, 0.1) is 0 Å². The number of benzene rings is 1. The first kappa shape index (κ1) is 25.4. The lowest BCUT2D eigenvalue weighted by Crippen LogP contribution is -2.45. The van der Waals surface area contributed by atoms with Crippen molar-refractivity contribution >= 4 is 34.4 Å². The summed E-state index contributed by atoms with van der Waals surface area (Å²) in [5.41, 5.74) is 3.24. The number of methoxy groups -OCH3 is 2. The fourth-order valence-electron chi connectivity index (χ4n) is 4.26. The van der Waals surface area contributed by atoms with Gasteiger partial charge in [-0.05, 0) is 18.2 Å². The average Bonchev–Trinajstić information content (AvgIpc) is 3.56. The summed E-state index contributed by atoms with van der Waals surface area (Å²) < 4.78 is 18.1. The van der Waals surface area contributed by atoms with E-state index >= 15 is 0 Å². The molecule has 2 N–H and O–H groups in total. The molecule has 0 bridgehead atoms. The van der Waals surface area contributed by atoms with E-state index in [4.69, 9.17) is 35.8 Å². The number of hydrogen-bond donors (Lipinski definition) is 2. The number of fused-ring (bicyclic) bond motifs is 1. The molecule has 1 fully saturated rings. The Labute approximate surface area is 223 Å². The van der Waals surface area contributed by atoms with E-state index in [1.54, 1.807) is 43.4 Å². The fourth-order valence-corrected chi connectivity index (χ4v) is 4.55. The second-order valence-electron chi connectivity index (χ2n) is 8.69. The first-order chi connectivity index (χ1) is 18.4. The number of ether oxygens (including phenoxy) is 3. The second-order valence-corrected chi connectivity index (χ2v) is 9.07. The topological polar surface area (TPSA) is 125 Å². The number of amides is 1. The number of halogens is 1. The molecule has 0 aliphatic carbocycles. The highest BCUT2D eigenvalue weighted by atomic mass is 35.5. The van der Waals surface area contributed by atoms with Gasteiger partial charge < -0.3 is 24.8 Å². The van der Waals surface area contributed by atoms with Crippen molar-refractivity contribution in [3.63, 3.8) is 0 Å². The summed E-state index contributed by atoms with van der Waals surface area (Å²) in [6.45, 7) is 4.28. The van der Waals surface area contributed by atoms with Gasteiger partial charge in [-0.3, -0.25) is 9.48 Å². The summed E-state index contributed by atoms with van der Waals surface area (Å²) in [6, 6.07) is 4.93. The summed E-state index contributed by atoms with van der Waals surface area (Å²) in [7, 11) is 4.95. The van der Waals surface area contributed by atoms with Crippen LogP contribution in [0.3, 0.4) is 0 Å². The zero-order chi connectivity index (χ0) is 26.8. The van der Waals surface area contributed by atoms with Crippen molar-refractivity contribution in [2.75, 3.05) is 32.8 Å². The largest absolute Gasteiger partial charge is 0.497 e. The molecule has 0 spiro atoms. The van der Waals surface area contributed by atoms with Crippen molar-refractivity contribution < 1.29 is 19.0 Å². The van der Waals surface area contributed by atoms with Gasteiger partial charge in [-0.25, -0.2) is 15.0 Å². The van der Waals surface area contributed by atoms with Crippen LogP contribution in [0.15, 0.2) is 49.4 Å². The average molecular weight is 536 g/mol. The van der Waals surface area contributed by atoms with Gasteiger partial charge in [-0.1, -0.05) is 18.2 Å². The van der Waals surface area contributed by atoms with E-state index in [0.717, 1.165) is 10.9 Å². The van der Waals surface area contributed by atoms with Crippen LogP contribution < -0.4 is 20.1 Å². The minimum absolute atomic E-state index is 0.214. The molecule has 12 heteroatoms. The summed E-state index contributed by atoms with van der Waals surface area (Å²) >= 11 is 6.68. The Bertz CT molecular complexity index is 1520. The molecular formula is C26H26ClN7O4. The summed E-state index contributed by atoms with van der Waals surface area (Å²) in [5.74, 6) is 1.17. The van der Waals surface area contributed by atoms with Crippen LogP contribution in [0.1, 0.15) is 0 Å². The smallest absolute Gasteiger partial charge is 0.243 e. The standard InChI is InChI=1S/C26H26ClN7O4/c1-5-22(35)30-19-12-38-13-20(19)32-26-28-9-14-6-18(17-7-16(36-3)8-21(37-4)23(17)27)31-25(24(14)33-26)15-10-29-34(2)11-15/h5-11,19-20H,1,12-13H2,2-4H3,(H,30,35)(H,28,32,33)/t19-,20+/m0/s1. The molecule has 1 aliphatic heterocycles. The van der Waals surface area contributed by atoms with E-state index in [9.17, 15) is 4.79 Å². The first-order valence-corrected chi connectivity index (χ1v) is 12.1. The van der Waals surface area contributed by atoms with Gasteiger partial charge in [-0.15, -0.1) is 0 Å². The zero-order valence-electron chi connectivity index (χ0n) is 21.1. The molecule has 38 heavy (non-hydrogen) atoms. The lowest BCUT2D eigenvalue weighted by molar-refractivity contribution is -0.117. The summed E-state index contributed by atoms with van der Waals surface area (Å²) in [4.78, 5) is 26.1. The lowest BCUT2D eigenvalue weighted by atomic mass is 10.1. The number of pyridine rings is 1. The maximum absolute atomic E-state index is 11.8. The van der Waals surface area contributed by atoms with Crippen LogP contribution in [-0.4, -0.2) is 70.2 Å². The molecule has 4 aromatic rings. The molecule has 11 nitrogen and oxygen atoms in total. The van der Waals surface area contributed by atoms with Gasteiger partial charge in [0.25, 0.3) is 0 Å². The van der Waals surface area contributed by atoms with Crippen molar-refractivity contribution in [3.8, 4) is 34.0 Å². The van der Waals surface area contributed by atoms with Gasteiger partial charge in [0, 0.05) is 42.0 Å². The SMILES string of the molecule is C=CC(=O)N[C@H]1COC[C@H]1Nc1ncc2cc(-c3cc(OC)cc(OC)c3Cl)nc(-c3cnn(C)c3)c2n1. The van der Waals surface area contributed by atoms with Crippen molar-refractivity contribution in [1.29, 1.82) is 0 Å². The number of aryl methyl sites for hydroxylation is 1. The van der Waals surface area contributed by atoms with Gasteiger partial charge in [0.1, 0.15) is 22.7 Å². The van der Waals surface area contributed by atoms with E-state index in [1.165, 1.54) is 6.08 Å². The van der Waals surface area contributed by atoms with Crippen LogP contribution in [0.2, 0.25) is 5.02 Å². The molecule has 2 atom stereocenters. The minimum Gasteiger partial charge on any atom is -0.497 e. The highest BCUT2D eigenvalue weighted by molar-refractivity contribution is 6.34. The molecule has 196 valence electrons. The normalized spacial score (nSPS) is 16.8. The molecule has 1 aliphatic rings. The Kier molecular flexibility index (Phi) is 7.12. The number of nitrogens with zero attached hydrogens (tertiary/aromatic N) is 5. The maximum Gasteiger partial charge on any atom is 0.243 e. The van der Waals surface area contributed by atoms with E-state index in [2.05, 4.69) is 27.3 Å². The van der Waals surface area contributed by atoms with Gasteiger partial charge in [0.2, 0.25) is 11.9 Å². The second kappa shape index (κ2) is 10.6. The Morgan fingerprint density at radius 3 is 2.71 bits per heavy atom. The van der Waals surface area contributed by atoms with E-state index in [0.29, 0.717) is 58.2 Å². The molecular weight excluding hydrogens is 510 g/mol. The minimum atomic E-state index is -0.268. The third-order valence-electron chi connectivity index (χ3n) is 6.20. The van der Waals surface area contributed by atoms with Crippen LogP contribution in [0.5, 0.6) is 11.5 Å². The Morgan fingerprint density at radius 1 is 1.18 bits per heavy atom. The van der Waals surface area contributed by atoms with Crippen molar-refractivity contribution in [2.24, 2.45) is 7.05 Å². The Hall–Kier alpha value is -4.22. The number of carbonyl (C=O) groups excluding carboxylic acids is 1. The van der Waals surface area contributed by atoms with Gasteiger partial charge >= 0.3 is 0 Å². The quantitative estimate of drug-likeness (QED) is 0.327. The molecule has 4 heterocycles. The molecule has 0 radical (unpaired) electrons. The summed E-state index contributed by atoms with van der Waals surface area (Å²) in [5, 5.41) is 11.6. The number of anilines is 1. The van der Waals surface area contributed by atoms with Crippen LogP contribution in [-0.2, 0) is 16.6 Å². The number of nitrogens with one attached hydrogen (secondary N) is 2. The highest BCUT2D eigenvalue weighted by Gasteiger charge is 2.30. The number of aromatic nitrogens is 5. The molecule has 5 rings (SSSR count). The lowest BCUT2D eigenvalue weighted by Gasteiger charge is -2.20. The maximum atomic E-state index is 11.8. The molecule has 0 unspecified atom stereocenters. The third-order valence-corrected chi connectivity index (χ3v) is 6.59. The predicted molar refractivity (Wildman–Crippen MR) is 143 cm³/mol. The monoisotopic (exact) mass is 535 g/mol. The van der Waals surface area contributed by atoms with Crippen molar-refractivity contribution in [2.45, 2.75) is 12.1 Å². The molecule has 1 saturated heterocycles. The highest BCUT2D eigenvalue weighted by Crippen LogP contribution is 2.40. The zero-order valence-corrected chi connectivity index (χ0v) is 21.8.